The van der Waals surface area contributed by atoms with Crippen LogP contribution in [-0.4, -0.2) is 20.9 Å². The van der Waals surface area contributed by atoms with Crippen molar-refractivity contribution in [1.29, 1.82) is 0 Å². The summed E-state index contributed by atoms with van der Waals surface area (Å²) in [4.78, 5) is 0.0377. The second-order valence-corrected chi connectivity index (χ2v) is 15.5. The second kappa shape index (κ2) is 8.55. The molecular formula is C27H34O4S2. The molecule has 0 saturated carbocycles. The van der Waals surface area contributed by atoms with Crippen molar-refractivity contribution in [3.63, 3.8) is 0 Å². The summed E-state index contributed by atoms with van der Waals surface area (Å²) in [5, 5.41) is 0. The SMILES string of the molecule is CC(C)(C)C1=CCC(S(=O)(=O)c2ccccc2)(S(=O)(=O)c2ccccc2)CC(C(C)(C)C)=C1. The lowest BCUT2D eigenvalue weighted by Crippen LogP contribution is -2.47. The maximum absolute atomic E-state index is 14.3. The van der Waals surface area contributed by atoms with E-state index >= 15 is 0 Å². The van der Waals surface area contributed by atoms with E-state index in [1.807, 2.05) is 32.9 Å². The Morgan fingerprint density at radius 3 is 1.45 bits per heavy atom. The fraction of sp³-hybridized carbons (Fsp3) is 0.407. The van der Waals surface area contributed by atoms with E-state index in [1.54, 1.807) is 36.4 Å². The van der Waals surface area contributed by atoms with E-state index in [9.17, 15) is 16.8 Å². The van der Waals surface area contributed by atoms with Crippen molar-refractivity contribution in [1.82, 2.24) is 0 Å². The number of hydrogen-bond donors (Lipinski definition) is 0. The summed E-state index contributed by atoms with van der Waals surface area (Å²) in [5.74, 6) is 0. The molecular weight excluding hydrogens is 452 g/mol. The second-order valence-electron chi connectivity index (χ2n) is 10.8. The van der Waals surface area contributed by atoms with Gasteiger partial charge in [0, 0.05) is 12.8 Å². The molecule has 2 aromatic carbocycles. The molecule has 0 spiro atoms. The van der Waals surface area contributed by atoms with Crippen molar-refractivity contribution in [2.75, 3.05) is 0 Å². The first-order chi connectivity index (χ1) is 15.1. The topological polar surface area (TPSA) is 68.3 Å². The van der Waals surface area contributed by atoms with Gasteiger partial charge in [-0.3, -0.25) is 0 Å². The lowest BCUT2D eigenvalue weighted by atomic mass is 9.79. The van der Waals surface area contributed by atoms with Crippen LogP contribution in [0, 0.1) is 10.8 Å². The van der Waals surface area contributed by atoms with Gasteiger partial charge in [-0.05, 0) is 40.7 Å². The third kappa shape index (κ3) is 4.60. The molecule has 0 radical (unpaired) electrons. The summed E-state index contributed by atoms with van der Waals surface area (Å²) < 4.78 is 55.0. The third-order valence-electron chi connectivity index (χ3n) is 6.34. The van der Waals surface area contributed by atoms with Crippen molar-refractivity contribution in [3.05, 3.63) is 84.0 Å². The first-order valence-corrected chi connectivity index (χ1v) is 14.1. The molecule has 1 aliphatic carbocycles. The van der Waals surface area contributed by atoms with Crippen LogP contribution < -0.4 is 0 Å². The van der Waals surface area contributed by atoms with Gasteiger partial charge in [-0.25, -0.2) is 16.8 Å². The van der Waals surface area contributed by atoms with E-state index in [0.717, 1.165) is 11.1 Å². The van der Waals surface area contributed by atoms with Crippen molar-refractivity contribution < 1.29 is 16.8 Å². The monoisotopic (exact) mass is 486 g/mol. The minimum Gasteiger partial charge on any atom is -0.222 e. The molecule has 178 valence electrons. The average molecular weight is 487 g/mol. The predicted octanol–water partition coefficient (Wildman–Crippen LogP) is 6.37. The number of allylic oxidation sites excluding steroid dienone is 4. The number of benzene rings is 2. The predicted molar refractivity (Wildman–Crippen MR) is 134 cm³/mol. The normalized spacial score (nSPS) is 17.6. The summed E-state index contributed by atoms with van der Waals surface area (Å²) >= 11 is 0. The molecule has 0 amide bonds. The molecule has 0 N–H and O–H groups in total. The highest BCUT2D eigenvalue weighted by Crippen LogP contribution is 2.49. The van der Waals surface area contributed by atoms with Crippen molar-refractivity contribution in [2.24, 2.45) is 10.8 Å². The highest BCUT2D eigenvalue weighted by atomic mass is 32.3. The summed E-state index contributed by atoms with van der Waals surface area (Å²) in [5.41, 5.74) is 1.07. The minimum absolute atomic E-state index is 0.0189. The van der Waals surface area contributed by atoms with Gasteiger partial charge in [-0.15, -0.1) is 0 Å². The van der Waals surface area contributed by atoms with E-state index in [1.165, 1.54) is 24.3 Å². The highest BCUT2D eigenvalue weighted by molar-refractivity contribution is 8.10. The Morgan fingerprint density at radius 2 is 1.09 bits per heavy atom. The molecule has 1 aliphatic rings. The molecule has 2 aromatic rings. The zero-order valence-corrected chi connectivity index (χ0v) is 21.9. The van der Waals surface area contributed by atoms with E-state index in [0.29, 0.717) is 0 Å². The lowest BCUT2D eigenvalue weighted by Gasteiger charge is -2.35. The molecule has 0 heterocycles. The van der Waals surface area contributed by atoms with Crippen LogP contribution in [0.3, 0.4) is 0 Å². The molecule has 0 fully saturated rings. The van der Waals surface area contributed by atoms with Crippen LogP contribution in [0.1, 0.15) is 54.4 Å². The van der Waals surface area contributed by atoms with Crippen LogP contribution in [-0.2, 0) is 19.7 Å². The van der Waals surface area contributed by atoms with Crippen LogP contribution >= 0.6 is 0 Å². The summed E-state index contributed by atoms with van der Waals surface area (Å²) in [7, 11) is -8.58. The fourth-order valence-electron chi connectivity index (χ4n) is 4.11. The summed E-state index contributed by atoms with van der Waals surface area (Å²) in [6.07, 6.45) is 3.62. The van der Waals surface area contributed by atoms with E-state index < -0.39 is 29.2 Å². The molecule has 0 atom stereocenters. The maximum Gasteiger partial charge on any atom is 0.199 e. The van der Waals surface area contributed by atoms with E-state index in [-0.39, 0.29) is 28.0 Å². The highest BCUT2D eigenvalue weighted by Gasteiger charge is 2.57. The Hall–Kier alpha value is -2.18. The number of rotatable bonds is 4. The third-order valence-corrected chi connectivity index (χ3v) is 12.0. The first-order valence-electron chi connectivity index (χ1n) is 11.1. The van der Waals surface area contributed by atoms with Gasteiger partial charge in [0.1, 0.15) is 0 Å². The van der Waals surface area contributed by atoms with Crippen molar-refractivity contribution in [2.45, 2.75) is 68.3 Å². The van der Waals surface area contributed by atoms with Gasteiger partial charge in [0.05, 0.1) is 9.79 Å². The molecule has 4 nitrogen and oxygen atoms in total. The smallest absolute Gasteiger partial charge is 0.199 e. The molecule has 33 heavy (non-hydrogen) atoms. The van der Waals surface area contributed by atoms with Crippen LogP contribution in [0.5, 0.6) is 0 Å². The quantitative estimate of drug-likeness (QED) is 0.504. The van der Waals surface area contributed by atoms with Gasteiger partial charge in [0.15, 0.2) is 23.8 Å². The van der Waals surface area contributed by atoms with Crippen molar-refractivity contribution in [3.8, 4) is 0 Å². The Labute approximate surface area is 199 Å². The van der Waals surface area contributed by atoms with Gasteiger partial charge < -0.3 is 0 Å². The Kier molecular flexibility index (Phi) is 6.59. The Bertz CT molecular complexity index is 1200. The van der Waals surface area contributed by atoms with Gasteiger partial charge in [-0.2, -0.15) is 0 Å². The van der Waals surface area contributed by atoms with Crippen LogP contribution in [0.15, 0.2) is 93.8 Å². The van der Waals surface area contributed by atoms with E-state index in [4.69, 9.17) is 0 Å². The standard InChI is InChI=1S/C27H34O4S2/c1-25(2,3)21-17-18-27(20-22(19-21)26(4,5)6,32(28,29)23-13-9-7-10-14-23)33(30,31)24-15-11-8-12-16-24/h7-17,19H,18,20H2,1-6H3. The van der Waals surface area contributed by atoms with Gasteiger partial charge in [0.25, 0.3) is 0 Å². The van der Waals surface area contributed by atoms with Gasteiger partial charge in [0.2, 0.25) is 0 Å². The molecule has 0 aromatic heterocycles. The molecule has 0 aliphatic heterocycles. The average Bonchev–Trinajstić information content (AvgIpc) is 2.97. The van der Waals surface area contributed by atoms with Crippen molar-refractivity contribution >= 4 is 19.7 Å². The largest absolute Gasteiger partial charge is 0.222 e. The van der Waals surface area contributed by atoms with Crippen LogP contribution in [0.4, 0.5) is 0 Å². The zero-order chi connectivity index (χ0) is 24.7. The molecule has 0 bridgehead atoms. The Morgan fingerprint density at radius 1 is 0.667 bits per heavy atom. The zero-order valence-electron chi connectivity index (χ0n) is 20.3. The van der Waals surface area contributed by atoms with Crippen LogP contribution in [0.2, 0.25) is 0 Å². The fourth-order valence-corrected chi connectivity index (χ4v) is 9.03. The lowest BCUT2D eigenvalue weighted by molar-refractivity contribution is 0.459. The number of hydrogen-bond acceptors (Lipinski definition) is 4. The first kappa shape index (κ1) is 25.4. The molecule has 0 unspecified atom stereocenters. The van der Waals surface area contributed by atoms with E-state index in [2.05, 4.69) is 20.8 Å². The Balaban J connectivity index is 2.42. The molecule has 0 saturated heterocycles. The summed E-state index contributed by atoms with van der Waals surface area (Å²) in [6.45, 7) is 12.2. The molecule has 3 rings (SSSR count). The summed E-state index contributed by atoms with van der Waals surface area (Å²) in [6, 6.07) is 15.9. The van der Waals surface area contributed by atoms with Gasteiger partial charge >= 0.3 is 0 Å². The minimum atomic E-state index is -4.29. The van der Waals surface area contributed by atoms with Crippen LogP contribution in [0.25, 0.3) is 0 Å². The maximum atomic E-state index is 14.3. The van der Waals surface area contributed by atoms with Gasteiger partial charge in [-0.1, -0.05) is 95.7 Å². The number of sulfone groups is 2. The molecule has 6 heteroatoms.